The van der Waals surface area contributed by atoms with Crippen LogP contribution in [0.25, 0.3) is 10.9 Å². The summed E-state index contributed by atoms with van der Waals surface area (Å²) in [5.41, 5.74) is 2.20. The number of aromatic amines is 1. The van der Waals surface area contributed by atoms with E-state index in [-0.39, 0.29) is 24.7 Å². The highest BCUT2D eigenvalue weighted by molar-refractivity contribution is 5.92. The second-order valence-electron chi connectivity index (χ2n) is 9.05. The van der Waals surface area contributed by atoms with Gasteiger partial charge in [-0.1, -0.05) is 36.4 Å². The molecule has 0 saturated carbocycles. The van der Waals surface area contributed by atoms with Gasteiger partial charge in [0, 0.05) is 43.3 Å². The first-order valence-electron chi connectivity index (χ1n) is 12.1. The number of carbonyl (C=O) groups is 1. The van der Waals surface area contributed by atoms with E-state index in [1.54, 1.807) is 11.0 Å². The van der Waals surface area contributed by atoms with Gasteiger partial charge >= 0.3 is 6.18 Å². The molecule has 194 valence electrons. The fraction of sp³-hybridized carbons (Fsp3) is 0.333. The molecule has 7 nitrogen and oxygen atoms in total. The number of nitrogens with zero attached hydrogens (tertiary/aromatic N) is 3. The molecule has 0 atom stereocenters. The molecule has 2 aromatic heterocycles. The van der Waals surface area contributed by atoms with E-state index in [1.165, 1.54) is 18.4 Å². The number of alkyl halides is 3. The minimum atomic E-state index is -4.41. The molecule has 10 heteroatoms. The Labute approximate surface area is 211 Å². The van der Waals surface area contributed by atoms with E-state index in [0.29, 0.717) is 50.7 Å². The number of halogens is 3. The Morgan fingerprint density at radius 3 is 2.70 bits per heavy atom. The summed E-state index contributed by atoms with van der Waals surface area (Å²) in [6.45, 7) is 3.01. The van der Waals surface area contributed by atoms with Crippen molar-refractivity contribution in [3.05, 3.63) is 89.3 Å². The number of carbonyl (C=O) groups excluding carboxylic acids is 1. The molecule has 1 N–H and O–H groups in total. The molecule has 0 radical (unpaired) electrons. The third kappa shape index (κ3) is 6.03. The maximum atomic E-state index is 13.3. The summed E-state index contributed by atoms with van der Waals surface area (Å²) in [6.07, 6.45) is -0.446. The van der Waals surface area contributed by atoms with Crippen molar-refractivity contribution in [2.24, 2.45) is 0 Å². The van der Waals surface area contributed by atoms with Crippen LogP contribution in [-0.2, 0) is 30.4 Å². The van der Waals surface area contributed by atoms with Crippen LogP contribution in [0.15, 0.2) is 65.4 Å². The first-order valence-corrected chi connectivity index (χ1v) is 12.1. The van der Waals surface area contributed by atoms with Crippen molar-refractivity contribution in [1.82, 2.24) is 19.8 Å². The van der Waals surface area contributed by atoms with Crippen LogP contribution in [0.5, 0.6) is 0 Å². The van der Waals surface area contributed by atoms with Gasteiger partial charge in [-0.2, -0.15) is 13.2 Å². The van der Waals surface area contributed by atoms with Crippen LogP contribution in [0.1, 0.15) is 33.1 Å². The monoisotopic (exact) mass is 512 g/mol. The number of ether oxygens (including phenoxy) is 1. The van der Waals surface area contributed by atoms with Gasteiger partial charge in [-0.3, -0.25) is 9.69 Å². The molecule has 37 heavy (non-hydrogen) atoms. The number of H-pyrrole nitrogens is 1. The number of oxazole rings is 1. The standard InChI is InChI=1S/C27H27F3N4O3/c28-27(29,30)21-5-3-4-19(14-21)16-33(9-8-20-15-31-23-7-2-1-6-22(20)23)17-25-32-24(18-37-25)26(35)34-10-12-36-13-11-34/h1-7,14-15,18,31H,8-13,16-17H2. The second kappa shape index (κ2) is 10.8. The van der Waals surface area contributed by atoms with Crippen molar-refractivity contribution >= 4 is 16.8 Å². The third-order valence-electron chi connectivity index (χ3n) is 6.46. The van der Waals surface area contributed by atoms with Gasteiger partial charge in [0.1, 0.15) is 6.26 Å². The highest BCUT2D eigenvalue weighted by Crippen LogP contribution is 2.30. The Bertz CT molecular complexity index is 1360. The minimum Gasteiger partial charge on any atom is -0.447 e. The number of benzene rings is 2. The average molecular weight is 513 g/mol. The van der Waals surface area contributed by atoms with E-state index in [9.17, 15) is 18.0 Å². The van der Waals surface area contributed by atoms with Crippen molar-refractivity contribution in [1.29, 1.82) is 0 Å². The Balaban J connectivity index is 1.33. The number of morpholine rings is 1. The van der Waals surface area contributed by atoms with Gasteiger partial charge in [0.05, 0.1) is 25.3 Å². The molecule has 5 rings (SSSR count). The van der Waals surface area contributed by atoms with Crippen LogP contribution in [-0.4, -0.2) is 58.5 Å². The average Bonchev–Trinajstić information content (AvgIpc) is 3.54. The normalized spacial score (nSPS) is 14.5. The highest BCUT2D eigenvalue weighted by Gasteiger charge is 2.30. The number of amides is 1. The van der Waals surface area contributed by atoms with Gasteiger partial charge in [-0.15, -0.1) is 0 Å². The molecule has 1 saturated heterocycles. The summed E-state index contributed by atoms with van der Waals surface area (Å²) in [5.74, 6) is 0.115. The molecule has 2 aromatic carbocycles. The maximum Gasteiger partial charge on any atom is 0.416 e. The van der Waals surface area contributed by atoms with Crippen LogP contribution in [0.3, 0.4) is 0 Å². The molecular formula is C27H27F3N4O3. The number of nitrogens with one attached hydrogen (secondary N) is 1. The lowest BCUT2D eigenvalue weighted by Crippen LogP contribution is -2.40. The van der Waals surface area contributed by atoms with Crippen LogP contribution in [0.4, 0.5) is 13.2 Å². The highest BCUT2D eigenvalue weighted by atomic mass is 19.4. The topological polar surface area (TPSA) is 74.6 Å². The predicted molar refractivity (Wildman–Crippen MR) is 131 cm³/mol. The van der Waals surface area contributed by atoms with Crippen LogP contribution in [0, 0.1) is 0 Å². The number of rotatable bonds is 8. The van der Waals surface area contributed by atoms with E-state index in [1.807, 2.05) is 35.4 Å². The van der Waals surface area contributed by atoms with E-state index in [0.717, 1.165) is 22.5 Å². The van der Waals surface area contributed by atoms with Crippen molar-refractivity contribution in [2.45, 2.75) is 25.7 Å². The lowest BCUT2D eigenvalue weighted by Gasteiger charge is -2.25. The van der Waals surface area contributed by atoms with Crippen LogP contribution >= 0.6 is 0 Å². The molecule has 1 fully saturated rings. The van der Waals surface area contributed by atoms with E-state index in [2.05, 4.69) is 9.97 Å². The van der Waals surface area contributed by atoms with E-state index >= 15 is 0 Å². The zero-order chi connectivity index (χ0) is 25.8. The molecule has 0 aliphatic carbocycles. The molecule has 0 spiro atoms. The summed E-state index contributed by atoms with van der Waals surface area (Å²) >= 11 is 0. The zero-order valence-corrected chi connectivity index (χ0v) is 20.1. The molecule has 1 aliphatic heterocycles. The van der Waals surface area contributed by atoms with Gasteiger partial charge in [0.2, 0.25) is 5.89 Å². The van der Waals surface area contributed by atoms with Gasteiger partial charge in [-0.05, 0) is 29.7 Å². The summed E-state index contributed by atoms with van der Waals surface area (Å²) in [5, 5.41) is 1.11. The largest absolute Gasteiger partial charge is 0.447 e. The molecule has 0 bridgehead atoms. The second-order valence-corrected chi connectivity index (χ2v) is 9.05. The lowest BCUT2D eigenvalue weighted by molar-refractivity contribution is -0.137. The van der Waals surface area contributed by atoms with Crippen LogP contribution < -0.4 is 0 Å². The Kier molecular flexibility index (Phi) is 7.29. The Hall–Kier alpha value is -3.63. The minimum absolute atomic E-state index is 0.215. The zero-order valence-electron chi connectivity index (χ0n) is 20.1. The Morgan fingerprint density at radius 1 is 1.08 bits per heavy atom. The summed E-state index contributed by atoms with van der Waals surface area (Å²) in [7, 11) is 0. The lowest BCUT2D eigenvalue weighted by atomic mass is 10.1. The van der Waals surface area contributed by atoms with Gasteiger partial charge in [0.15, 0.2) is 5.69 Å². The number of hydrogen-bond acceptors (Lipinski definition) is 5. The first kappa shape index (κ1) is 25.0. The van der Waals surface area contributed by atoms with Crippen molar-refractivity contribution in [3.8, 4) is 0 Å². The number of fused-ring (bicyclic) bond motifs is 1. The maximum absolute atomic E-state index is 13.3. The molecule has 1 aliphatic rings. The summed E-state index contributed by atoms with van der Waals surface area (Å²) in [4.78, 5) is 24.0. The van der Waals surface area contributed by atoms with E-state index in [4.69, 9.17) is 9.15 Å². The third-order valence-corrected chi connectivity index (χ3v) is 6.46. The SMILES string of the molecule is O=C(c1coc(CN(CCc2c[nH]c3ccccc23)Cc2cccc(C(F)(F)F)c2)n1)N1CCOCC1. The molecule has 3 heterocycles. The smallest absolute Gasteiger partial charge is 0.416 e. The van der Waals surface area contributed by atoms with Crippen LogP contribution in [0.2, 0.25) is 0 Å². The number of aromatic nitrogens is 2. The van der Waals surface area contributed by atoms with Crippen molar-refractivity contribution in [3.63, 3.8) is 0 Å². The van der Waals surface area contributed by atoms with Crippen molar-refractivity contribution in [2.75, 3.05) is 32.8 Å². The van der Waals surface area contributed by atoms with Crippen molar-refractivity contribution < 1.29 is 27.1 Å². The summed E-state index contributed by atoms with van der Waals surface area (Å²) in [6, 6.07) is 13.3. The van der Waals surface area contributed by atoms with E-state index < -0.39 is 11.7 Å². The fourth-order valence-electron chi connectivity index (χ4n) is 4.54. The molecule has 1 amide bonds. The fourth-order valence-corrected chi connectivity index (χ4v) is 4.54. The van der Waals surface area contributed by atoms with Gasteiger partial charge in [0.25, 0.3) is 5.91 Å². The van der Waals surface area contributed by atoms with Gasteiger partial charge < -0.3 is 19.0 Å². The quantitative estimate of drug-likeness (QED) is 0.364. The van der Waals surface area contributed by atoms with Gasteiger partial charge in [-0.25, -0.2) is 4.98 Å². The number of para-hydroxylation sites is 1. The molecule has 4 aromatic rings. The Morgan fingerprint density at radius 2 is 1.89 bits per heavy atom. The number of hydrogen-bond donors (Lipinski definition) is 1. The summed E-state index contributed by atoms with van der Waals surface area (Å²) < 4.78 is 50.8. The molecule has 0 unspecified atom stereocenters. The molecular weight excluding hydrogens is 485 g/mol. The first-order chi connectivity index (χ1) is 17.9. The predicted octanol–water partition coefficient (Wildman–Crippen LogP) is 4.89.